The zero-order valence-electron chi connectivity index (χ0n) is 11.7. The van der Waals surface area contributed by atoms with Crippen molar-refractivity contribution < 1.29 is 4.74 Å². The Hall–Kier alpha value is -1.12. The Morgan fingerprint density at radius 2 is 2.16 bits per heavy atom. The minimum atomic E-state index is 0.660. The van der Waals surface area contributed by atoms with Gasteiger partial charge in [-0.1, -0.05) is 42.0 Å². The average molecular weight is 257 g/mol. The molecule has 2 atom stereocenters. The summed E-state index contributed by atoms with van der Waals surface area (Å²) in [6, 6.07) is 11.3. The number of benzene rings is 1. The lowest BCUT2D eigenvalue weighted by atomic mass is 9.91. The summed E-state index contributed by atoms with van der Waals surface area (Å²) in [6.07, 6.45) is 4.98. The van der Waals surface area contributed by atoms with Gasteiger partial charge in [-0.25, -0.2) is 0 Å². The molecule has 0 unspecified atom stereocenters. The summed E-state index contributed by atoms with van der Waals surface area (Å²) in [5.74, 6) is 0.776. The highest BCUT2D eigenvalue weighted by atomic mass is 16.5. The fourth-order valence-corrected chi connectivity index (χ4v) is 3.39. The highest BCUT2D eigenvalue weighted by Gasteiger charge is 2.35. The van der Waals surface area contributed by atoms with Gasteiger partial charge in [-0.2, -0.15) is 0 Å². The molecule has 1 aromatic rings. The Morgan fingerprint density at radius 3 is 3.00 bits per heavy atom. The lowest BCUT2D eigenvalue weighted by Gasteiger charge is -2.36. The van der Waals surface area contributed by atoms with Crippen LogP contribution in [0.5, 0.6) is 0 Å². The minimum Gasteiger partial charge on any atom is -0.379 e. The molecule has 0 radical (unpaired) electrons. The predicted molar refractivity (Wildman–Crippen MR) is 79.0 cm³/mol. The van der Waals surface area contributed by atoms with E-state index >= 15 is 0 Å². The van der Waals surface area contributed by atoms with Crippen LogP contribution in [-0.2, 0) is 4.74 Å². The van der Waals surface area contributed by atoms with Crippen molar-refractivity contribution in [1.29, 1.82) is 0 Å². The Labute approximate surface area is 116 Å². The lowest BCUT2D eigenvalue weighted by Crippen LogP contribution is -2.45. The Balaban J connectivity index is 1.65. The molecule has 2 aliphatic heterocycles. The van der Waals surface area contributed by atoms with E-state index in [1.54, 1.807) is 0 Å². The van der Waals surface area contributed by atoms with E-state index in [1.807, 2.05) is 0 Å². The van der Waals surface area contributed by atoms with E-state index in [0.717, 1.165) is 25.7 Å². The smallest absolute Gasteiger partial charge is 0.0625 e. The lowest BCUT2D eigenvalue weighted by molar-refractivity contribution is 0.128. The quantitative estimate of drug-likeness (QED) is 0.824. The summed E-state index contributed by atoms with van der Waals surface area (Å²) in [4.78, 5) is 2.62. The van der Waals surface area contributed by atoms with Gasteiger partial charge in [0.05, 0.1) is 13.2 Å². The fraction of sp³-hybridized carbons (Fsp3) is 0.529. The van der Waals surface area contributed by atoms with E-state index in [2.05, 4.69) is 48.2 Å². The number of rotatable bonds is 3. The number of nitrogens with zero attached hydrogens (tertiary/aromatic N) is 1. The Kier molecular flexibility index (Phi) is 4.00. The standard InChI is InChI=1S/C17H23NO/c1-14(10-15-6-3-2-4-7-15)11-18-9-5-8-16-12-19-13-17(16)18/h2-4,6-7,10,16-17H,5,8-9,11-13H2,1H3/b14-10+/t16-,17+/m1/s1. The van der Waals surface area contributed by atoms with Crippen LogP contribution in [-0.4, -0.2) is 37.2 Å². The number of piperidine rings is 1. The van der Waals surface area contributed by atoms with Crippen molar-refractivity contribution in [2.24, 2.45) is 5.92 Å². The van der Waals surface area contributed by atoms with Crippen LogP contribution in [0.15, 0.2) is 35.9 Å². The van der Waals surface area contributed by atoms with Crippen LogP contribution >= 0.6 is 0 Å². The van der Waals surface area contributed by atoms with Crippen LogP contribution in [0.4, 0.5) is 0 Å². The zero-order valence-corrected chi connectivity index (χ0v) is 11.7. The monoisotopic (exact) mass is 257 g/mol. The van der Waals surface area contributed by atoms with Crippen molar-refractivity contribution in [2.75, 3.05) is 26.3 Å². The van der Waals surface area contributed by atoms with Crippen LogP contribution in [0.2, 0.25) is 0 Å². The van der Waals surface area contributed by atoms with Crippen molar-refractivity contribution in [3.8, 4) is 0 Å². The van der Waals surface area contributed by atoms with Crippen molar-refractivity contribution >= 4 is 6.08 Å². The number of fused-ring (bicyclic) bond motifs is 1. The molecule has 0 N–H and O–H groups in total. The van der Waals surface area contributed by atoms with E-state index in [-0.39, 0.29) is 0 Å². The van der Waals surface area contributed by atoms with Gasteiger partial charge in [0.1, 0.15) is 0 Å². The summed E-state index contributed by atoms with van der Waals surface area (Å²) in [5.41, 5.74) is 2.75. The second-order valence-electron chi connectivity index (χ2n) is 5.88. The number of ether oxygens (including phenoxy) is 1. The van der Waals surface area contributed by atoms with Crippen molar-refractivity contribution in [2.45, 2.75) is 25.8 Å². The molecular formula is C17H23NO. The van der Waals surface area contributed by atoms with Crippen LogP contribution in [0.25, 0.3) is 6.08 Å². The van der Waals surface area contributed by atoms with E-state index in [1.165, 1.54) is 30.5 Å². The minimum absolute atomic E-state index is 0.660. The van der Waals surface area contributed by atoms with Gasteiger partial charge in [0.25, 0.3) is 0 Å². The molecule has 102 valence electrons. The van der Waals surface area contributed by atoms with Gasteiger partial charge in [0.2, 0.25) is 0 Å². The van der Waals surface area contributed by atoms with Gasteiger partial charge in [0.15, 0.2) is 0 Å². The van der Waals surface area contributed by atoms with Crippen LogP contribution in [0.3, 0.4) is 0 Å². The third-order valence-electron chi connectivity index (χ3n) is 4.32. The highest BCUT2D eigenvalue weighted by molar-refractivity contribution is 5.52. The molecule has 19 heavy (non-hydrogen) atoms. The molecule has 2 heteroatoms. The molecule has 0 saturated carbocycles. The summed E-state index contributed by atoms with van der Waals surface area (Å²) in [6.45, 7) is 6.46. The molecule has 0 amide bonds. The largest absolute Gasteiger partial charge is 0.379 e. The topological polar surface area (TPSA) is 12.5 Å². The SMILES string of the molecule is C/C(=C\c1ccccc1)CN1CCC[C@@H]2COC[C@@H]21. The molecule has 1 aromatic carbocycles. The summed E-state index contributed by atoms with van der Waals surface area (Å²) >= 11 is 0. The summed E-state index contributed by atoms with van der Waals surface area (Å²) in [5, 5.41) is 0. The van der Waals surface area contributed by atoms with E-state index < -0.39 is 0 Å². The van der Waals surface area contributed by atoms with Crippen LogP contribution in [0.1, 0.15) is 25.3 Å². The van der Waals surface area contributed by atoms with Crippen molar-refractivity contribution in [3.05, 3.63) is 41.5 Å². The Bertz CT molecular complexity index is 440. The molecule has 2 nitrogen and oxygen atoms in total. The zero-order chi connectivity index (χ0) is 13.1. The van der Waals surface area contributed by atoms with Crippen LogP contribution < -0.4 is 0 Å². The number of hydrogen-bond acceptors (Lipinski definition) is 2. The molecule has 0 aliphatic carbocycles. The molecule has 2 aliphatic rings. The van der Waals surface area contributed by atoms with Gasteiger partial charge in [-0.05, 0) is 31.9 Å². The molecule has 0 spiro atoms. The van der Waals surface area contributed by atoms with Gasteiger partial charge in [0, 0.05) is 18.5 Å². The molecule has 2 heterocycles. The van der Waals surface area contributed by atoms with Gasteiger partial charge >= 0.3 is 0 Å². The molecule has 2 saturated heterocycles. The molecular weight excluding hydrogens is 234 g/mol. The molecule has 0 aromatic heterocycles. The maximum absolute atomic E-state index is 5.66. The predicted octanol–water partition coefficient (Wildman–Crippen LogP) is 3.20. The maximum Gasteiger partial charge on any atom is 0.0625 e. The first-order valence-corrected chi connectivity index (χ1v) is 7.37. The average Bonchev–Trinajstić information content (AvgIpc) is 2.89. The second-order valence-corrected chi connectivity index (χ2v) is 5.88. The van der Waals surface area contributed by atoms with E-state index in [4.69, 9.17) is 4.74 Å². The number of likely N-dealkylation sites (tertiary alicyclic amines) is 1. The second kappa shape index (κ2) is 5.89. The summed E-state index contributed by atoms with van der Waals surface area (Å²) in [7, 11) is 0. The third-order valence-corrected chi connectivity index (χ3v) is 4.32. The van der Waals surface area contributed by atoms with E-state index in [9.17, 15) is 0 Å². The first kappa shape index (κ1) is 12.9. The van der Waals surface area contributed by atoms with E-state index in [0.29, 0.717) is 6.04 Å². The molecule has 0 bridgehead atoms. The van der Waals surface area contributed by atoms with Gasteiger partial charge in [-0.3, -0.25) is 4.90 Å². The first-order valence-electron chi connectivity index (χ1n) is 7.37. The maximum atomic E-state index is 5.66. The highest BCUT2D eigenvalue weighted by Crippen LogP contribution is 2.29. The fourth-order valence-electron chi connectivity index (χ4n) is 3.39. The molecule has 3 rings (SSSR count). The first-order chi connectivity index (χ1) is 9.33. The van der Waals surface area contributed by atoms with Gasteiger partial charge < -0.3 is 4.74 Å². The molecule has 2 fully saturated rings. The van der Waals surface area contributed by atoms with Crippen LogP contribution in [0, 0.1) is 5.92 Å². The third kappa shape index (κ3) is 3.07. The normalized spacial score (nSPS) is 28.4. The summed E-state index contributed by atoms with van der Waals surface area (Å²) < 4.78 is 5.66. The van der Waals surface area contributed by atoms with Crippen molar-refractivity contribution in [3.63, 3.8) is 0 Å². The van der Waals surface area contributed by atoms with Crippen molar-refractivity contribution in [1.82, 2.24) is 4.90 Å². The Morgan fingerprint density at radius 1 is 1.32 bits per heavy atom. The van der Waals surface area contributed by atoms with Gasteiger partial charge in [-0.15, -0.1) is 0 Å². The number of hydrogen-bond donors (Lipinski definition) is 0.